The normalized spacial score (nSPS) is 14.3. The van der Waals surface area contributed by atoms with E-state index in [1.807, 2.05) is 65.0 Å². The smallest absolute Gasteiger partial charge is 0.168 e. The predicted molar refractivity (Wildman–Crippen MR) is 142 cm³/mol. The van der Waals surface area contributed by atoms with Gasteiger partial charge >= 0.3 is 0 Å². The third-order valence-corrected chi connectivity index (χ3v) is 8.79. The fourth-order valence-corrected chi connectivity index (χ4v) is 5.28. The molecule has 0 heterocycles. The summed E-state index contributed by atoms with van der Waals surface area (Å²) in [6.07, 6.45) is 1.47. The average molecular weight is 513 g/mol. The molecular weight excluding hydrogens is 464 g/mol. The second kappa shape index (κ2) is 13.3. The molecule has 6 nitrogen and oxygen atoms in total. The van der Waals surface area contributed by atoms with E-state index in [-0.39, 0.29) is 29.8 Å². The lowest BCUT2D eigenvalue weighted by molar-refractivity contribution is -0.145. The Hall–Kier alpha value is -1.28. The molecule has 0 bridgehead atoms. The standard InChI is InChI=1S/C28H48O6S/c1-22(2)32-18-13-16-24(21-35(30,31)27(6,7)17-19-33-26(3,4)5)25(29)28(8,9)34-20-23-14-11-10-12-15-23/h10-12,14-15,22,24H,13,16-21H2,1-9H3. The van der Waals surface area contributed by atoms with Crippen molar-refractivity contribution in [1.29, 1.82) is 0 Å². The second-order valence-corrected chi connectivity index (χ2v) is 14.3. The quantitative estimate of drug-likeness (QED) is 0.262. The SMILES string of the molecule is CC(C)OCCCC(CS(=O)(=O)C(C)(C)CCOC(C)(C)C)C(=O)C(C)(C)OCc1ccccc1. The summed E-state index contributed by atoms with van der Waals surface area (Å²) >= 11 is 0. The van der Waals surface area contributed by atoms with Crippen LogP contribution < -0.4 is 0 Å². The minimum absolute atomic E-state index is 0.0836. The molecule has 0 aromatic heterocycles. The molecule has 0 aliphatic heterocycles. The van der Waals surface area contributed by atoms with Crippen LogP contribution in [0.1, 0.15) is 87.1 Å². The predicted octanol–water partition coefficient (Wildman–Crippen LogP) is 5.77. The van der Waals surface area contributed by atoms with Gasteiger partial charge < -0.3 is 14.2 Å². The molecule has 0 aliphatic carbocycles. The van der Waals surface area contributed by atoms with Gasteiger partial charge in [-0.05, 0) is 87.1 Å². The highest BCUT2D eigenvalue weighted by Gasteiger charge is 2.41. The largest absolute Gasteiger partial charge is 0.379 e. The van der Waals surface area contributed by atoms with Gasteiger partial charge in [-0.2, -0.15) is 0 Å². The summed E-state index contributed by atoms with van der Waals surface area (Å²) in [5.74, 6) is -1.08. The van der Waals surface area contributed by atoms with E-state index in [1.165, 1.54) is 0 Å². The van der Waals surface area contributed by atoms with Crippen LogP contribution in [0, 0.1) is 5.92 Å². The highest BCUT2D eigenvalue weighted by atomic mass is 32.2. The molecule has 35 heavy (non-hydrogen) atoms. The number of benzene rings is 1. The van der Waals surface area contributed by atoms with Crippen molar-refractivity contribution in [2.75, 3.05) is 19.0 Å². The maximum absolute atomic E-state index is 13.6. The lowest BCUT2D eigenvalue weighted by Crippen LogP contribution is -2.45. The van der Waals surface area contributed by atoms with E-state index in [0.717, 1.165) is 5.56 Å². The number of ether oxygens (including phenoxy) is 3. The summed E-state index contributed by atoms with van der Waals surface area (Å²) in [7, 11) is -3.60. The van der Waals surface area contributed by atoms with Crippen LogP contribution in [0.25, 0.3) is 0 Å². The number of rotatable bonds is 16. The molecule has 1 atom stereocenters. The van der Waals surface area contributed by atoms with Crippen LogP contribution >= 0.6 is 0 Å². The van der Waals surface area contributed by atoms with Gasteiger partial charge in [-0.1, -0.05) is 30.3 Å². The molecule has 0 spiro atoms. The summed E-state index contributed by atoms with van der Waals surface area (Å²) in [5, 5.41) is 0. The zero-order valence-corrected chi connectivity index (χ0v) is 24.2. The molecule has 7 heteroatoms. The third kappa shape index (κ3) is 11.5. The number of hydrogen-bond acceptors (Lipinski definition) is 6. The van der Waals surface area contributed by atoms with E-state index in [4.69, 9.17) is 14.2 Å². The van der Waals surface area contributed by atoms with Crippen LogP contribution in [0.3, 0.4) is 0 Å². The Labute approximate surface area is 214 Å². The first-order chi connectivity index (χ1) is 16.0. The van der Waals surface area contributed by atoms with Gasteiger partial charge in [-0.15, -0.1) is 0 Å². The lowest BCUT2D eigenvalue weighted by Gasteiger charge is -2.32. The highest BCUT2D eigenvalue weighted by molar-refractivity contribution is 7.92. The van der Waals surface area contributed by atoms with E-state index >= 15 is 0 Å². The molecule has 0 N–H and O–H groups in total. The van der Waals surface area contributed by atoms with Crippen molar-refractivity contribution in [3.63, 3.8) is 0 Å². The van der Waals surface area contributed by atoms with Gasteiger partial charge in [0.25, 0.3) is 0 Å². The second-order valence-electron chi connectivity index (χ2n) is 11.7. The minimum atomic E-state index is -3.60. The van der Waals surface area contributed by atoms with Crippen LogP contribution in [0.5, 0.6) is 0 Å². The molecule has 202 valence electrons. The van der Waals surface area contributed by atoms with Crippen molar-refractivity contribution in [3.05, 3.63) is 35.9 Å². The molecule has 0 fully saturated rings. The first kappa shape index (κ1) is 31.7. The third-order valence-electron chi connectivity index (χ3n) is 6.06. The zero-order chi connectivity index (χ0) is 26.9. The highest BCUT2D eigenvalue weighted by Crippen LogP contribution is 2.29. The summed E-state index contributed by atoms with van der Waals surface area (Å²) in [6, 6.07) is 9.64. The Balaban J connectivity index is 2.99. The van der Waals surface area contributed by atoms with E-state index in [0.29, 0.717) is 32.5 Å². The van der Waals surface area contributed by atoms with E-state index in [1.54, 1.807) is 27.7 Å². The number of Topliss-reactive ketones (excluding diaryl/α,β-unsaturated/α-hetero) is 1. The van der Waals surface area contributed by atoms with Crippen molar-refractivity contribution < 1.29 is 27.4 Å². The Kier molecular flexibility index (Phi) is 12.1. The Morgan fingerprint density at radius 3 is 2.06 bits per heavy atom. The molecule has 0 saturated carbocycles. The molecule has 1 aromatic rings. The molecular formula is C28H48O6S. The van der Waals surface area contributed by atoms with Gasteiger partial charge in [0.2, 0.25) is 0 Å². The van der Waals surface area contributed by atoms with Crippen LogP contribution in [0.4, 0.5) is 0 Å². The van der Waals surface area contributed by atoms with Gasteiger partial charge in [0.1, 0.15) is 5.60 Å². The molecule has 0 amide bonds. The first-order valence-electron chi connectivity index (χ1n) is 12.7. The van der Waals surface area contributed by atoms with Crippen LogP contribution in [-0.4, -0.2) is 55.2 Å². The Morgan fingerprint density at radius 1 is 0.914 bits per heavy atom. The molecule has 0 radical (unpaired) electrons. The van der Waals surface area contributed by atoms with E-state index in [9.17, 15) is 13.2 Å². The van der Waals surface area contributed by atoms with Gasteiger partial charge in [0.15, 0.2) is 15.6 Å². The van der Waals surface area contributed by atoms with Crippen LogP contribution in [0.2, 0.25) is 0 Å². The molecule has 0 saturated heterocycles. The summed E-state index contributed by atoms with van der Waals surface area (Å²) in [5.41, 5.74) is -0.494. The molecule has 1 rings (SSSR count). The minimum Gasteiger partial charge on any atom is -0.379 e. The molecule has 1 aromatic carbocycles. The molecule has 0 aliphatic rings. The van der Waals surface area contributed by atoms with Crippen molar-refractivity contribution in [1.82, 2.24) is 0 Å². The topological polar surface area (TPSA) is 78.9 Å². The van der Waals surface area contributed by atoms with Crippen molar-refractivity contribution in [2.24, 2.45) is 5.92 Å². The number of hydrogen-bond donors (Lipinski definition) is 0. The summed E-state index contributed by atoms with van der Waals surface area (Å²) < 4.78 is 43.4. The Morgan fingerprint density at radius 2 is 1.51 bits per heavy atom. The van der Waals surface area contributed by atoms with Gasteiger partial charge in [-0.3, -0.25) is 4.79 Å². The number of sulfone groups is 1. The molecule has 1 unspecified atom stereocenters. The number of carbonyl (C=O) groups is 1. The fourth-order valence-electron chi connectivity index (χ4n) is 3.59. The summed E-state index contributed by atoms with van der Waals surface area (Å²) in [6.45, 7) is 17.7. The van der Waals surface area contributed by atoms with Crippen LogP contribution in [-0.2, 0) is 35.4 Å². The average Bonchev–Trinajstić information content (AvgIpc) is 2.73. The van der Waals surface area contributed by atoms with Crippen molar-refractivity contribution in [3.8, 4) is 0 Å². The van der Waals surface area contributed by atoms with Gasteiger partial charge in [0, 0.05) is 19.1 Å². The zero-order valence-electron chi connectivity index (χ0n) is 23.3. The maximum atomic E-state index is 13.6. The summed E-state index contributed by atoms with van der Waals surface area (Å²) in [4.78, 5) is 13.6. The van der Waals surface area contributed by atoms with Gasteiger partial charge in [-0.25, -0.2) is 8.42 Å². The van der Waals surface area contributed by atoms with Crippen molar-refractivity contribution in [2.45, 2.75) is 110 Å². The maximum Gasteiger partial charge on any atom is 0.168 e. The van der Waals surface area contributed by atoms with Crippen molar-refractivity contribution >= 4 is 15.6 Å². The van der Waals surface area contributed by atoms with Gasteiger partial charge in [0.05, 0.1) is 28.8 Å². The lowest BCUT2D eigenvalue weighted by atomic mass is 9.89. The number of carbonyl (C=O) groups excluding carboxylic acids is 1. The first-order valence-corrected chi connectivity index (χ1v) is 14.3. The van der Waals surface area contributed by atoms with E-state index < -0.39 is 26.1 Å². The van der Waals surface area contributed by atoms with Crippen LogP contribution in [0.15, 0.2) is 30.3 Å². The monoisotopic (exact) mass is 512 g/mol. The Bertz CT molecular complexity index is 866. The fraction of sp³-hybridized carbons (Fsp3) is 0.750. The number of ketones is 1. The van der Waals surface area contributed by atoms with E-state index in [2.05, 4.69) is 0 Å².